The molecule has 0 unspecified atom stereocenters. The molecule has 11 heavy (non-hydrogen) atoms. The van der Waals surface area contributed by atoms with Gasteiger partial charge in [0.2, 0.25) is 0 Å². The zero-order chi connectivity index (χ0) is 8.10. The first-order chi connectivity index (χ1) is 5.34. The van der Waals surface area contributed by atoms with E-state index in [1.54, 1.807) is 0 Å². The molecule has 0 amide bonds. The number of hydrogen-bond acceptors (Lipinski definition) is 3. The van der Waals surface area contributed by atoms with Crippen molar-refractivity contribution in [3.05, 3.63) is 0 Å². The van der Waals surface area contributed by atoms with Gasteiger partial charge in [-0.2, -0.15) is 0 Å². The molecular formula is C8H18N2O. The first-order valence-electron chi connectivity index (χ1n) is 4.41. The molecule has 1 rings (SSSR count). The van der Waals surface area contributed by atoms with E-state index in [1.165, 1.54) is 12.8 Å². The normalized spacial score (nSPS) is 23.5. The van der Waals surface area contributed by atoms with Crippen molar-refractivity contribution in [2.45, 2.75) is 25.3 Å². The zero-order valence-electron chi connectivity index (χ0n) is 6.92. The highest BCUT2D eigenvalue weighted by molar-refractivity contribution is 4.77. The topological polar surface area (TPSA) is 58.3 Å². The standard InChI is InChI=1S/C8H18N2O/c9-8(3-6-11)7-1-4-10-5-2-7/h7-8,10-11H,1-6,9H2/t8-/m0/s1. The van der Waals surface area contributed by atoms with Crippen LogP contribution in [0.2, 0.25) is 0 Å². The molecule has 1 fully saturated rings. The number of hydrogen-bond donors (Lipinski definition) is 3. The molecule has 0 spiro atoms. The van der Waals surface area contributed by atoms with Crippen LogP contribution in [0.15, 0.2) is 0 Å². The van der Waals surface area contributed by atoms with E-state index in [1.807, 2.05) is 0 Å². The molecule has 1 atom stereocenters. The minimum atomic E-state index is 0.210. The van der Waals surface area contributed by atoms with Crippen LogP contribution in [0.1, 0.15) is 19.3 Å². The fraction of sp³-hybridized carbons (Fsp3) is 1.00. The minimum Gasteiger partial charge on any atom is -0.396 e. The van der Waals surface area contributed by atoms with Crippen LogP contribution in [0.3, 0.4) is 0 Å². The third kappa shape index (κ3) is 2.77. The molecule has 1 aliphatic heterocycles. The van der Waals surface area contributed by atoms with E-state index < -0.39 is 0 Å². The predicted octanol–water partition coefficient (Wildman–Crippen LogP) is -0.304. The summed E-state index contributed by atoms with van der Waals surface area (Å²) >= 11 is 0. The van der Waals surface area contributed by atoms with E-state index in [-0.39, 0.29) is 12.6 Å². The van der Waals surface area contributed by atoms with Crippen molar-refractivity contribution in [1.29, 1.82) is 0 Å². The summed E-state index contributed by atoms with van der Waals surface area (Å²) in [5, 5.41) is 12.0. The maximum Gasteiger partial charge on any atom is 0.0445 e. The van der Waals surface area contributed by atoms with Gasteiger partial charge < -0.3 is 16.2 Å². The summed E-state index contributed by atoms with van der Waals surface area (Å²) in [6.07, 6.45) is 3.09. The molecule has 0 radical (unpaired) electrons. The van der Waals surface area contributed by atoms with Crippen LogP contribution in [0.5, 0.6) is 0 Å². The largest absolute Gasteiger partial charge is 0.396 e. The van der Waals surface area contributed by atoms with Gasteiger partial charge in [0, 0.05) is 12.6 Å². The van der Waals surface area contributed by atoms with E-state index in [4.69, 9.17) is 10.8 Å². The van der Waals surface area contributed by atoms with Crippen molar-refractivity contribution < 1.29 is 5.11 Å². The second-order valence-corrected chi connectivity index (χ2v) is 3.26. The summed E-state index contributed by atoms with van der Waals surface area (Å²) in [5.41, 5.74) is 5.87. The Kier molecular flexibility index (Phi) is 3.83. The molecule has 0 aromatic rings. The molecule has 1 aliphatic rings. The fourth-order valence-corrected chi connectivity index (χ4v) is 1.66. The molecule has 0 aromatic heterocycles. The lowest BCUT2D eigenvalue weighted by Crippen LogP contribution is -2.38. The van der Waals surface area contributed by atoms with Gasteiger partial charge in [-0.25, -0.2) is 0 Å². The Morgan fingerprint density at radius 2 is 2.09 bits per heavy atom. The molecule has 3 nitrogen and oxygen atoms in total. The molecule has 1 heterocycles. The molecule has 4 N–H and O–H groups in total. The van der Waals surface area contributed by atoms with Gasteiger partial charge in [0.05, 0.1) is 0 Å². The summed E-state index contributed by atoms with van der Waals surface area (Å²) in [5.74, 6) is 0.628. The molecule has 66 valence electrons. The monoisotopic (exact) mass is 158 g/mol. The average molecular weight is 158 g/mol. The Morgan fingerprint density at radius 3 is 2.64 bits per heavy atom. The zero-order valence-corrected chi connectivity index (χ0v) is 6.92. The van der Waals surface area contributed by atoms with Crippen LogP contribution < -0.4 is 11.1 Å². The maximum absolute atomic E-state index is 8.67. The van der Waals surface area contributed by atoms with Gasteiger partial charge in [0.25, 0.3) is 0 Å². The number of aliphatic hydroxyl groups is 1. The van der Waals surface area contributed by atoms with Gasteiger partial charge in [0.15, 0.2) is 0 Å². The highest BCUT2D eigenvalue weighted by Crippen LogP contribution is 2.16. The Bertz CT molecular complexity index is 102. The Hall–Kier alpha value is -0.120. The maximum atomic E-state index is 8.67. The number of rotatable bonds is 3. The molecule has 1 saturated heterocycles. The lowest BCUT2D eigenvalue weighted by Gasteiger charge is -2.27. The van der Waals surface area contributed by atoms with Gasteiger partial charge in [-0.15, -0.1) is 0 Å². The second kappa shape index (κ2) is 4.70. The molecule has 0 aromatic carbocycles. The summed E-state index contributed by atoms with van der Waals surface area (Å²) < 4.78 is 0. The molecule has 0 aliphatic carbocycles. The van der Waals surface area contributed by atoms with E-state index in [2.05, 4.69) is 5.32 Å². The van der Waals surface area contributed by atoms with Crippen LogP contribution >= 0.6 is 0 Å². The summed E-state index contributed by atoms with van der Waals surface area (Å²) in [6, 6.07) is 0.210. The van der Waals surface area contributed by atoms with Crippen molar-refractivity contribution in [1.82, 2.24) is 5.32 Å². The predicted molar refractivity (Wildman–Crippen MR) is 45.3 cm³/mol. The van der Waals surface area contributed by atoms with Crippen molar-refractivity contribution >= 4 is 0 Å². The lowest BCUT2D eigenvalue weighted by molar-refractivity contribution is 0.235. The quantitative estimate of drug-likeness (QED) is 0.528. The summed E-state index contributed by atoms with van der Waals surface area (Å²) in [4.78, 5) is 0. The van der Waals surface area contributed by atoms with Crippen molar-refractivity contribution in [2.75, 3.05) is 19.7 Å². The van der Waals surface area contributed by atoms with Gasteiger partial charge >= 0.3 is 0 Å². The Balaban J connectivity index is 2.21. The average Bonchev–Trinajstić information content (AvgIpc) is 2.07. The summed E-state index contributed by atoms with van der Waals surface area (Å²) in [6.45, 7) is 2.40. The Labute approximate surface area is 68.0 Å². The number of nitrogens with one attached hydrogen (secondary N) is 1. The second-order valence-electron chi connectivity index (χ2n) is 3.26. The van der Waals surface area contributed by atoms with E-state index in [0.29, 0.717) is 5.92 Å². The van der Waals surface area contributed by atoms with Crippen molar-refractivity contribution in [3.63, 3.8) is 0 Å². The van der Waals surface area contributed by atoms with Gasteiger partial charge in [-0.05, 0) is 38.3 Å². The molecular weight excluding hydrogens is 140 g/mol. The summed E-state index contributed by atoms with van der Waals surface area (Å²) in [7, 11) is 0. The number of piperidine rings is 1. The third-order valence-corrected chi connectivity index (χ3v) is 2.45. The van der Waals surface area contributed by atoms with Crippen molar-refractivity contribution in [3.8, 4) is 0 Å². The first-order valence-corrected chi connectivity index (χ1v) is 4.41. The smallest absolute Gasteiger partial charge is 0.0445 e. The highest BCUT2D eigenvalue weighted by Gasteiger charge is 2.19. The molecule has 0 bridgehead atoms. The van der Waals surface area contributed by atoms with E-state index in [0.717, 1.165) is 19.5 Å². The van der Waals surface area contributed by atoms with Crippen LogP contribution in [0, 0.1) is 5.92 Å². The number of nitrogens with two attached hydrogens (primary N) is 1. The van der Waals surface area contributed by atoms with Gasteiger partial charge in [-0.3, -0.25) is 0 Å². The Morgan fingerprint density at radius 1 is 1.45 bits per heavy atom. The van der Waals surface area contributed by atoms with Crippen molar-refractivity contribution in [2.24, 2.45) is 11.7 Å². The van der Waals surface area contributed by atoms with Crippen LogP contribution in [-0.4, -0.2) is 30.8 Å². The SMILES string of the molecule is N[C@@H](CCO)C1CCNCC1. The third-order valence-electron chi connectivity index (χ3n) is 2.45. The fourth-order valence-electron chi connectivity index (χ4n) is 1.66. The molecule has 3 heteroatoms. The van der Waals surface area contributed by atoms with Crippen LogP contribution in [0.25, 0.3) is 0 Å². The molecule has 0 saturated carbocycles. The first kappa shape index (κ1) is 8.97. The van der Waals surface area contributed by atoms with E-state index in [9.17, 15) is 0 Å². The van der Waals surface area contributed by atoms with E-state index >= 15 is 0 Å². The lowest BCUT2D eigenvalue weighted by atomic mass is 9.89. The van der Waals surface area contributed by atoms with Crippen LogP contribution in [0.4, 0.5) is 0 Å². The van der Waals surface area contributed by atoms with Gasteiger partial charge in [0.1, 0.15) is 0 Å². The van der Waals surface area contributed by atoms with Crippen LogP contribution in [-0.2, 0) is 0 Å². The minimum absolute atomic E-state index is 0.210. The highest BCUT2D eigenvalue weighted by atomic mass is 16.3. The number of aliphatic hydroxyl groups excluding tert-OH is 1. The van der Waals surface area contributed by atoms with Gasteiger partial charge in [-0.1, -0.05) is 0 Å².